The highest BCUT2D eigenvalue weighted by atomic mass is 35.5. The van der Waals surface area contributed by atoms with Gasteiger partial charge in [-0.25, -0.2) is 0 Å². The first kappa shape index (κ1) is 19.3. The molecule has 1 aliphatic rings. The molecule has 2 aromatic rings. The Kier molecular flexibility index (Phi) is 6.63. The number of carbonyl (C=O) groups is 1. The van der Waals surface area contributed by atoms with Crippen LogP contribution in [0.1, 0.15) is 29.7 Å². The van der Waals surface area contributed by atoms with Gasteiger partial charge in [-0.2, -0.15) is 0 Å². The van der Waals surface area contributed by atoms with E-state index < -0.39 is 0 Å². The van der Waals surface area contributed by atoms with Crippen molar-refractivity contribution in [1.29, 1.82) is 0 Å². The molecule has 3 nitrogen and oxygen atoms in total. The molecule has 26 heavy (non-hydrogen) atoms. The molecule has 0 aromatic heterocycles. The van der Waals surface area contributed by atoms with Crippen LogP contribution in [0.4, 0.5) is 0 Å². The van der Waals surface area contributed by atoms with Crippen molar-refractivity contribution in [3.05, 3.63) is 70.7 Å². The van der Waals surface area contributed by atoms with Crippen LogP contribution in [0.25, 0.3) is 0 Å². The molecule has 0 saturated carbocycles. The Morgan fingerprint density at radius 3 is 2.46 bits per heavy atom. The topological polar surface area (TPSA) is 46.3 Å². The molecule has 2 aromatic carbocycles. The van der Waals surface area contributed by atoms with Crippen molar-refractivity contribution < 1.29 is 4.79 Å². The molecular formula is C21H25ClN2OS. The summed E-state index contributed by atoms with van der Waals surface area (Å²) in [6, 6.07) is 18.5. The second-order valence-corrected chi connectivity index (χ2v) is 8.42. The maximum Gasteiger partial charge on any atom is 0.232 e. The predicted molar refractivity (Wildman–Crippen MR) is 111 cm³/mol. The first-order valence-electron chi connectivity index (χ1n) is 9.00. The summed E-state index contributed by atoms with van der Waals surface area (Å²) < 4.78 is 0. The molecule has 3 unspecified atom stereocenters. The van der Waals surface area contributed by atoms with E-state index in [1.54, 1.807) is 11.8 Å². The molecule has 1 saturated heterocycles. The fourth-order valence-corrected chi connectivity index (χ4v) is 4.85. The van der Waals surface area contributed by atoms with Crippen molar-refractivity contribution >= 4 is 29.3 Å². The lowest BCUT2D eigenvalue weighted by molar-refractivity contribution is -0.128. The summed E-state index contributed by atoms with van der Waals surface area (Å²) in [7, 11) is 0. The van der Waals surface area contributed by atoms with Gasteiger partial charge in [-0.1, -0.05) is 54.1 Å². The van der Waals surface area contributed by atoms with Crippen molar-refractivity contribution in [3.63, 3.8) is 0 Å². The summed E-state index contributed by atoms with van der Waals surface area (Å²) in [4.78, 5) is 14.8. The van der Waals surface area contributed by atoms with E-state index in [9.17, 15) is 4.79 Å². The van der Waals surface area contributed by atoms with E-state index in [4.69, 9.17) is 17.3 Å². The number of nitrogens with zero attached hydrogens (tertiary/aromatic N) is 1. The lowest BCUT2D eigenvalue weighted by Gasteiger charge is -2.23. The first-order chi connectivity index (χ1) is 12.6. The minimum absolute atomic E-state index is 0.112. The largest absolute Gasteiger partial charge is 0.339 e. The smallest absolute Gasteiger partial charge is 0.232 e. The van der Waals surface area contributed by atoms with Crippen LogP contribution in [0, 0.1) is 5.92 Å². The van der Waals surface area contributed by atoms with E-state index in [2.05, 4.69) is 19.1 Å². The van der Waals surface area contributed by atoms with Gasteiger partial charge >= 0.3 is 0 Å². The molecule has 0 radical (unpaired) electrons. The van der Waals surface area contributed by atoms with Gasteiger partial charge < -0.3 is 10.6 Å². The third-order valence-corrected chi connectivity index (χ3v) is 6.51. The summed E-state index contributed by atoms with van der Waals surface area (Å²) in [5, 5.41) is 0.834. The average Bonchev–Trinajstić information content (AvgIpc) is 3.05. The number of thioether (sulfide) groups is 1. The van der Waals surface area contributed by atoms with E-state index in [1.807, 2.05) is 47.4 Å². The lowest BCUT2D eigenvalue weighted by Crippen LogP contribution is -2.35. The SMILES string of the molecule is CC1CC(CN)CN1C(=O)CSC(c1ccccc1)c1ccc(Cl)cc1. The number of nitrogens with two attached hydrogens (primary N) is 1. The van der Waals surface area contributed by atoms with Crippen LogP contribution in [0.3, 0.4) is 0 Å². The third-order valence-electron chi connectivity index (χ3n) is 4.96. The molecule has 1 heterocycles. The Labute approximate surface area is 164 Å². The second kappa shape index (κ2) is 8.94. The standard InChI is InChI=1S/C21H25ClN2OS/c1-15-11-16(12-23)13-24(15)20(25)14-26-21(17-5-3-2-4-6-17)18-7-9-19(22)10-8-18/h2-10,15-16,21H,11-14,23H2,1H3. The Morgan fingerprint density at radius 2 is 1.85 bits per heavy atom. The molecule has 1 aliphatic heterocycles. The number of benzene rings is 2. The quantitative estimate of drug-likeness (QED) is 0.799. The van der Waals surface area contributed by atoms with Crippen LogP contribution in [0.15, 0.2) is 54.6 Å². The molecule has 5 heteroatoms. The zero-order valence-corrected chi connectivity index (χ0v) is 16.5. The molecule has 3 rings (SSSR count). The van der Waals surface area contributed by atoms with E-state index in [0.29, 0.717) is 18.2 Å². The van der Waals surface area contributed by atoms with E-state index in [1.165, 1.54) is 5.56 Å². The monoisotopic (exact) mass is 388 g/mol. The molecule has 3 atom stereocenters. The van der Waals surface area contributed by atoms with E-state index in [-0.39, 0.29) is 17.2 Å². The molecule has 1 amide bonds. The minimum Gasteiger partial charge on any atom is -0.339 e. The zero-order valence-electron chi connectivity index (χ0n) is 15.0. The molecular weight excluding hydrogens is 364 g/mol. The number of hydrogen-bond donors (Lipinski definition) is 1. The Bertz CT molecular complexity index is 723. The summed E-state index contributed by atoms with van der Waals surface area (Å²) in [6.07, 6.45) is 1.01. The van der Waals surface area contributed by atoms with Crippen molar-refractivity contribution in [2.75, 3.05) is 18.8 Å². The molecule has 1 fully saturated rings. The summed E-state index contributed by atoms with van der Waals surface area (Å²) in [6.45, 7) is 3.55. The van der Waals surface area contributed by atoms with Gasteiger partial charge in [-0.05, 0) is 49.1 Å². The highest BCUT2D eigenvalue weighted by Gasteiger charge is 2.31. The van der Waals surface area contributed by atoms with Gasteiger partial charge in [0.2, 0.25) is 5.91 Å². The Morgan fingerprint density at radius 1 is 1.19 bits per heavy atom. The normalized spacial score (nSPS) is 21.0. The van der Waals surface area contributed by atoms with Crippen LogP contribution in [0.5, 0.6) is 0 Å². The maximum atomic E-state index is 12.8. The van der Waals surface area contributed by atoms with Gasteiger partial charge in [0.05, 0.1) is 11.0 Å². The summed E-state index contributed by atoms with van der Waals surface area (Å²) in [5.41, 5.74) is 8.15. The van der Waals surface area contributed by atoms with Crippen LogP contribution < -0.4 is 5.73 Å². The van der Waals surface area contributed by atoms with Crippen LogP contribution in [-0.4, -0.2) is 35.7 Å². The molecule has 0 spiro atoms. The number of amides is 1. The van der Waals surface area contributed by atoms with Gasteiger partial charge in [0.25, 0.3) is 0 Å². The van der Waals surface area contributed by atoms with Crippen molar-refractivity contribution in [1.82, 2.24) is 4.90 Å². The maximum absolute atomic E-state index is 12.8. The van der Waals surface area contributed by atoms with Crippen molar-refractivity contribution in [2.24, 2.45) is 11.7 Å². The lowest BCUT2D eigenvalue weighted by atomic mass is 10.0. The fourth-order valence-electron chi connectivity index (χ4n) is 3.55. The number of hydrogen-bond acceptors (Lipinski definition) is 3. The van der Waals surface area contributed by atoms with E-state index >= 15 is 0 Å². The molecule has 0 bridgehead atoms. The molecule has 138 valence electrons. The predicted octanol–water partition coefficient (Wildman–Crippen LogP) is 4.36. The Balaban J connectivity index is 1.72. The minimum atomic E-state index is 0.112. The summed E-state index contributed by atoms with van der Waals surface area (Å²) in [5.74, 6) is 1.09. The van der Waals surface area contributed by atoms with Gasteiger partial charge in [0.15, 0.2) is 0 Å². The van der Waals surface area contributed by atoms with Gasteiger partial charge in [-0.15, -0.1) is 11.8 Å². The zero-order chi connectivity index (χ0) is 18.5. The van der Waals surface area contributed by atoms with Crippen molar-refractivity contribution in [3.8, 4) is 0 Å². The van der Waals surface area contributed by atoms with Gasteiger partial charge in [0, 0.05) is 17.6 Å². The molecule has 2 N–H and O–H groups in total. The first-order valence-corrected chi connectivity index (χ1v) is 10.4. The average molecular weight is 389 g/mol. The highest BCUT2D eigenvalue weighted by Crippen LogP contribution is 2.36. The van der Waals surface area contributed by atoms with E-state index in [0.717, 1.165) is 23.6 Å². The number of halogens is 1. The van der Waals surface area contributed by atoms with Crippen molar-refractivity contribution in [2.45, 2.75) is 24.6 Å². The van der Waals surface area contributed by atoms with Gasteiger partial charge in [-0.3, -0.25) is 4.79 Å². The Hall–Kier alpha value is -1.49. The van der Waals surface area contributed by atoms with Crippen LogP contribution in [0.2, 0.25) is 5.02 Å². The van der Waals surface area contributed by atoms with Crippen LogP contribution >= 0.6 is 23.4 Å². The highest BCUT2D eigenvalue weighted by molar-refractivity contribution is 8.00. The fraction of sp³-hybridized carbons (Fsp3) is 0.381. The molecule has 0 aliphatic carbocycles. The third kappa shape index (κ3) is 4.61. The number of likely N-dealkylation sites (tertiary alicyclic amines) is 1. The number of rotatable bonds is 6. The second-order valence-electron chi connectivity index (χ2n) is 6.89. The van der Waals surface area contributed by atoms with Gasteiger partial charge in [0.1, 0.15) is 0 Å². The summed E-state index contributed by atoms with van der Waals surface area (Å²) >= 11 is 7.72. The van der Waals surface area contributed by atoms with Crippen LogP contribution in [-0.2, 0) is 4.79 Å². The number of carbonyl (C=O) groups excluding carboxylic acids is 1.